The molecular weight excluding hydrogens is 396 g/mol. The highest BCUT2D eigenvalue weighted by Gasteiger charge is 2.26. The lowest BCUT2D eigenvalue weighted by atomic mass is 10.0. The van der Waals surface area contributed by atoms with E-state index < -0.39 is 6.10 Å². The molecule has 1 aliphatic heterocycles. The lowest BCUT2D eigenvalue weighted by Gasteiger charge is -2.27. The Labute approximate surface area is 182 Å². The van der Waals surface area contributed by atoms with E-state index >= 15 is 0 Å². The van der Waals surface area contributed by atoms with Crippen LogP contribution in [0, 0.1) is 0 Å². The summed E-state index contributed by atoms with van der Waals surface area (Å²) in [6.07, 6.45) is 0.112. The number of hydrogen-bond acceptors (Lipinski definition) is 4. The monoisotopic (exact) mass is 420 g/mol. The highest BCUT2D eigenvalue weighted by Crippen LogP contribution is 2.22. The van der Waals surface area contributed by atoms with Crippen LogP contribution in [0.2, 0.25) is 5.02 Å². The fraction of sp³-hybridized carbons (Fsp3) is 0.240. The van der Waals surface area contributed by atoms with Gasteiger partial charge in [-0.25, -0.2) is 0 Å². The minimum Gasteiger partial charge on any atom is -0.390 e. The summed E-state index contributed by atoms with van der Waals surface area (Å²) in [5.74, 6) is 0. The Morgan fingerprint density at radius 3 is 2.47 bits per heavy atom. The third-order valence-electron chi connectivity index (χ3n) is 5.21. The second-order valence-corrected chi connectivity index (χ2v) is 8.02. The molecule has 0 radical (unpaired) electrons. The van der Waals surface area contributed by atoms with Crippen LogP contribution in [0.5, 0.6) is 0 Å². The average Bonchev–Trinajstić information content (AvgIpc) is 3.23. The molecule has 0 saturated heterocycles. The van der Waals surface area contributed by atoms with E-state index in [4.69, 9.17) is 16.4 Å². The fourth-order valence-electron chi connectivity index (χ4n) is 3.74. The van der Waals surface area contributed by atoms with Gasteiger partial charge in [0.15, 0.2) is 0 Å². The fourth-order valence-corrected chi connectivity index (χ4v) is 3.95. The zero-order chi connectivity index (χ0) is 20.8. The number of halogens is 1. The molecule has 0 amide bonds. The van der Waals surface area contributed by atoms with Gasteiger partial charge >= 0.3 is 0 Å². The summed E-state index contributed by atoms with van der Waals surface area (Å²) in [6.45, 7) is 1.83. The number of nitrogens with zero attached hydrogens (tertiary/aromatic N) is 2. The van der Waals surface area contributed by atoms with Crippen LogP contribution < -0.4 is 0 Å². The second kappa shape index (κ2) is 9.90. The van der Waals surface area contributed by atoms with Crippen LogP contribution >= 0.6 is 11.6 Å². The first-order valence-corrected chi connectivity index (χ1v) is 10.5. The highest BCUT2D eigenvalue weighted by molar-refractivity contribution is 6.30. The molecule has 30 heavy (non-hydrogen) atoms. The molecule has 0 unspecified atom stereocenters. The van der Waals surface area contributed by atoms with E-state index in [1.165, 1.54) is 0 Å². The molecule has 1 N–H and O–H groups in total. The van der Waals surface area contributed by atoms with Gasteiger partial charge in [-0.15, -0.1) is 0 Å². The number of benzene rings is 3. The molecule has 0 bridgehead atoms. The molecular formula is C25H25ClN2O2. The van der Waals surface area contributed by atoms with E-state index in [0.717, 1.165) is 28.8 Å². The first-order valence-electron chi connectivity index (χ1n) is 10.2. The molecule has 3 aromatic rings. The smallest absolute Gasteiger partial charge is 0.145 e. The quantitative estimate of drug-likeness (QED) is 0.553. The summed E-state index contributed by atoms with van der Waals surface area (Å²) in [6, 6.07) is 27.7. The maximum Gasteiger partial charge on any atom is 0.145 e. The van der Waals surface area contributed by atoms with Crippen LogP contribution in [0.4, 0.5) is 0 Å². The Morgan fingerprint density at radius 1 is 1.00 bits per heavy atom. The van der Waals surface area contributed by atoms with Crippen molar-refractivity contribution in [1.29, 1.82) is 0 Å². The molecule has 0 spiro atoms. The number of aliphatic hydroxyl groups is 1. The molecule has 0 aliphatic carbocycles. The predicted molar refractivity (Wildman–Crippen MR) is 121 cm³/mol. The molecule has 5 heteroatoms. The molecule has 154 valence electrons. The van der Waals surface area contributed by atoms with Gasteiger partial charge in [-0.1, -0.05) is 89.6 Å². The van der Waals surface area contributed by atoms with E-state index in [-0.39, 0.29) is 6.10 Å². The van der Waals surface area contributed by atoms with Crippen molar-refractivity contribution in [1.82, 2.24) is 4.90 Å². The van der Waals surface area contributed by atoms with Gasteiger partial charge in [-0.05, 0) is 28.8 Å². The summed E-state index contributed by atoms with van der Waals surface area (Å²) in [5.41, 5.74) is 4.06. The minimum atomic E-state index is -0.582. The van der Waals surface area contributed by atoms with Gasteiger partial charge in [-0.3, -0.25) is 4.90 Å². The van der Waals surface area contributed by atoms with Crippen LogP contribution in [0.3, 0.4) is 0 Å². The molecule has 4 rings (SSSR count). The second-order valence-electron chi connectivity index (χ2n) is 7.59. The van der Waals surface area contributed by atoms with Gasteiger partial charge in [0, 0.05) is 31.1 Å². The molecule has 4 nitrogen and oxygen atoms in total. The maximum absolute atomic E-state index is 10.8. The van der Waals surface area contributed by atoms with Crippen molar-refractivity contribution in [3.63, 3.8) is 0 Å². The van der Waals surface area contributed by atoms with Gasteiger partial charge in [-0.2, -0.15) is 0 Å². The van der Waals surface area contributed by atoms with E-state index in [0.29, 0.717) is 24.7 Å². The normalized spacial score (nSPS) is 16.9. The van der Waals surface area contributed by atoms with Crippen molar-refractivity contribution in [2.45, 2.75) is 25.2 Å². The first-order chi connectivity index (χ1) is 14.7. The van der Waals surface area contributed by atoms with Gasteiger partial charge in [0.25, 0.3) is 0 Å². The summed E-state index contributed by atoms with van der Waals surface area (Å²) in [4.78, 5) is 7.94. The number of rotatable bonds is 8. The lowest BCUT2D eigenvalue weighted by molar-refractivity contribution is 0.0318. The molecule has 0 saturated carbocycles. The predicted octanol–water partition coefficient (Wildman–Crippen LogP) is 5.07. The zero-order valence-electron chi connectivity index (χ0n) is 16.7. The topological polar surface area (TPSA) is 45.1 Å². The molecule has 1 aliphatic rings. The van der Waals surface area contributed by atoms with Gasteiger partial charge in [0.2, 0.25) is 0 Å². The zero-order valence-corrected chi connectivity index (χ0v) is 17.4. The van der Waals surface area contributed by atoms with E-state index in [1.54, 1.807) is 0 Å². The summed E-state index contributed by atoms with van der Waals surface area (Å²) in [7, 11) is 0. The van der Waals surface area contributed by atoms with Crippen molar-refractivity contribution in [2.24, 2.45) is 5.16 Å². The third kappa shape index (κ3) is 5.48. The molecule has 2 atom stereocenters. The third-order valence-corrected chi connectivity index (χ3v) is 5.45. The Balaban J connectivity index is 1.45. The van der Waals surface area contributed by atoms with Crippen LogP contribution in [-0.2, 0) is 11.4 Å². The van der Waals surface area contributed by atoms with E-state index in [9.17, 15) is 5.11 Å². The summed E-state index contributed by atoms with van der Waals surface area (Å²) >= 11 is 6.18. The van der Waals surface area contributed by atoms with E-state index in [1.807, 2.05) is 78.9 Å². The highest BCUT2D eigenvalue weighted by atomic mass is 35.5. The number of hydrogen-bond donors (Lipinski definition) is 1. The molecule has 3 aromatic carbocycles. The van der Waals surface area contributed by atoms with Crippen LogP contribution in [-0.4, -0.2) is 34.9 Å². The Morgan fingerprint density at radius 2 is 1.73 bits per heavy atom. The molecule has 1 heterocycles. The average molecular weight is 421 g/mol. The Bertz CT molecular complexity index is 979. The van der Waals surface area contributed by atoms with Crippen LogP contribution in [0.1, 0.15) is 29.2 Å². The Kier molecular flexibility index (Phi) is 6.80. The van der Waals surface area contributed by atoms with Crippen molar-refractivity contribution in [3.05, 3.63) is 107 Å². The van der Waals surface area contributed by atoms with E-state index in [2.05, 4.69) is 16.1 Å². The summed E-state index contributed by atoms with van der Waals surface area (Å²) in [5, 5.41) is 15.8. The Hall–Kier alpha value is -2.66. The maximum atomic E-state index is 10.8. The van der Waals surface area contributed by atoms with Crippen molar-refractivity contribution in [2.75, 3.05) is 13.1 Å². The number of aliphatic hydroxyl groups excluding tert-OH is 1. The van der Waals surface area contributed by atoms with Crippen molar-refractivity contribution >= 4 is 17.3 Å². The lowest BCUT2D eigenvalue weighted by Crippen LogP contribution is -2.35. The first kappa shape index (κ1) is 20.6. The minimum absolute atomic E-state index is 0.0534. The van der Waals surface area contributed by atoms with Gasteiger partial charge in [0.05, 0.1) is 11.8 Å². The molecule has 0 aromatic heterocycles. The number of oxime groups is 1. The van der Waals surface area contributed by atoms with Crippen molar-refractivity contribution < 1.29 is 9.94 Å². The van der Waals surface area contributed by atoms with Gasteiger partial charge in [0.1, 0.15) is 6.10 Å². The van der Waals surface area contributed by atoms with Gasteiger partial charge < -0.3 is 9.94 Å². The van der Waals surface area contributed by atoms with Crippen LogP contribution in [0.15, 0.2) is 90.1 Å². The SMILES string of the molecule is O[C@H](CN(Cc1cccc(Cl)c1)C[C@@H]1CC(c2ccccc2)=NO1)c1ccccc1. The van der Waals surface area contributed by atoms with Crippen LogP contribution in [0.25, 0.3) is 0 Å². The largest absolute Gasteiger partial charge is 0.390 e. The standard InChI is InChI=1S/C25H25ClN2O2/c26-22-13-7-8-19(14-22)16-28(18-25(29)21-11-5-2-6-12-21)17-23-15-24(27-30-23)20-9-3-1-4-10-20/h1-14,23,25,29H,15-18H2/t23-,25+/m0/s1. The molecule has 0 fully saturated rings. The van der Waals surface area contributed by atoms with Crippen molar-refractivity contribution in [3.8, 4) is 0 Å². The summed E-state index contributed by atoms with van der Waals surface area (Å²) < 4.78 is 0.